The number of nitrogens with two attached hydrogens (primary N) is 1. The quantitative estimate of drug-likeness (QED) is 0.614. The summed E-state index contributed by atoms with van der Waals surface area (Å²) in [6.07, 6.45) is 0.220. The fourth-order valence-corrected chi connectivity index (χ4v) is 1.77. The second-order valence-electron chi connectivity index (χ2n) is 4.16. The van der Waals surface area contributed by atoms with Crippen LogP contribution < -0.4 is 11.1 Å². The van der Waals surface area contributed by atoms with E-state index in [0.717, 1.165) is 11.0 Å². The Morgan fingerprint density at radius 1 is 1.32 bits per heavy atom. The zero-order valence-corrected chi connectivity index (χ0v) is 9.98. The van der Waals surface area contributed by atoms with Crippen LogP contribution in [0.5, 0.6) is 0 Å². The zero-order valence-electron chi connectivity index (χ0n) is 9.98. The number of imide groups is 1. The predicted molar refractivity (Wildman–Crippen MR) is 65.4 cm³/mol. The van der Waals surface area contributed by atoms with E-state index >= 15 is 0 Å². The number of likely N-dealkylation sites (tertiary alicyclic amines) is 1. The van der Waals surface area contributed by atoms with Gasteiger partial charge in [0, 0.05) is 18.5 Å². The molecule has 0 radical (unpaired) electrons. The number of rotatable bonds is 3. The zero-order chi connectivity index (χ0) is 14.0. The van der Waals surface area contributed by atoms with Crippen molar-refractivity contribution in [3.05, 3.63) is 24.0 Å². The van der Waals surface area contributed by atoms with E-state index in [1.807, 2.05) is 0 Å². The van der Waals surface area contributed by atoms with E-state index in [4.69, 9.17) is 5.73 Å². The first-order chi connectivity index (χ1) is 8.97. The number of carbonyl (C=O) groups is 3. The Morgan fingerprint density at radius 2 is 1.95 bits per heavy atom. The van der Waals surface area contributed by atoms with Crippen LogP contribution in [-0.4, -0.2) is 29.2 Å². The monoisotopic (exact) mass is 265 g/mol. The van der Waals surface area contributed by atoms with Crippen LogP contribution in [0.4, 0.5) is 15.8 Å². The number of amides is 3. The third-order valence-corrected chi connectivity index (χ3v) is 2.72. The van der Waals surface area contributed by atoms with Gasteiger partial charge >= 0.3 is 0 Å². The summed E-state index contributed by atoms with van der Waals surface area (Å²) in [6.45, 7) is -0.411. The molecule has 0 saturated carbocycles. The highest BCUT2D eigenvalue weighted by atomic mass is 19.1. The van der Waals surface area contributed by atoms with Gasteiger partial charge in [-0.2, -0.15) is 0 Å². The topological polar surface area (TPSA) is 92.5 Å². The molecule has 0 aromatic heterocycles. The van der Waals surface area contributed by atoms with Gasteiger partial charge in [-0.1, -0.05) is 0 Å². The molecule has 1 heterocycles. The number of anilines is 2. The first kappa shape index (κ1) is 13.0. The minimum Gasteiger partial charge on any atom is -0.399 e. The van der Waals surface area contributed by atoms with Crippen molar-refractivity contribution in [2.45, 2.75) is 12.8 Å². The molecule has 3 N–H and O–H groups in total. The molecular formula is C12H12FN3O3. The highest BCUT2D eigenvalue weighted by Gasteiger charge is 2.30. The molecule has 1 aliphatic heterocycles. The third kappa shape index (κ3) is 2.87. The highest BCUT2D eigenvalue weighted by molar-refractivity contribution is 6.06. The lowest BCUT2D eigenvalue weighted by Crippen LogP contribution is -2.37. The SMILES string of the molecule is Nc1ccc(F)c(NC(=O)CN2C(=O)CCC2=O)c1. The first-order valence-electron chi connectivity index (χ1n) is 5.65. The van der Waals surface area contributed by atoms with Crippen LogP contribution in [0.3, 0.4) is 0 Å². The Labute approximate surface area is 108 Å². The summed E-state index contributed by atoms with van der Waals surface area (Å²) in [5.74, 6) is -2.07. The molecule has 19 heavy (non-hydrogen) atoms. The normalized spacial score (nSPS) is 14.9. The Bertz CT molecular complexity index is 543. The van der Waals surface area contributed by atoms with Crippen molar-refractivity contribution in [1.82, 2.24) is 4.90 Å². The number of halogens is 1. The smallest absolute Gasteiger partial charge is 0.244 e. The van der Waals surface area contributed by atoms with E-state index in [1.54, 1.807) is 0 Å². The Kier molecular flexibility index (Phi) is 3.46. The first-order valence-corrected chi connectivity index (χ1v) is 5.65. The molecule has 1 aliphatic rings. The maximum absolute atomic E-state index is 13.4. The van der Waals surface area contributed by atoms with Crippen molar-refractivity contribution < 1.29 is 18.8 Å². The average molecular weight is 265 g/mol. The number of carbonyl (C=O) groups excluding carboxylic acids is 3. The van der Waals surface area contributed by atoms with Gasteiger partial charge in [0.15, 0.2) is 0 Å². The molecule has 0 bridgehead atoms. The lowest BCUT2D eigenvalue weighted by molar-refractivity contribution is -0.141. The van der Waals surface area contributed by atoms with Crippen LogP contribution in [0.15, 0.2) is 18.2 Å². The van der Waals surface area contributed by atoms with Gasteiger partial charge in [-0.05, 0) is 18.2 Å². The standard InChI is InChI=1S/C12H12FN3O3/c13-8-2-1-7(14)5-9(8)15-10(17)6-16-11(18)3-4-12(16)19/h1-2,5H,3-4,6,14H2,(H,15,17). The molecule has 0 spiro atoms. The number of hydrogen-bond donors (Lipinski definition) is 2. The van der Waals surface area contributed by atoms with Crippen LogP contribution in [0.1, 0.15) is 12.8 Å². The van der Waals surface area contributed by atoms with E-state index < -0.39 is 30.1 Å². The van der Waals surface area contributed by atoms with Crippen LogP contribution in [0.2, 0.25) is 0 Å². The molecular weight excluding hydrogens is 253 g/mol. The van der Waals surface area contributed by atoms with Crippen molar-refractivity contribution in [2.24, 2.45) is 0 Å². The summed E-state index contributed by atoms with van der Waals surface area (Å²) < 4.78 is 13.4. The molecule has 3 amide bonds. The van der Waals surface area contributed by atoms with E-state index in [0.29, 0.717) is 5.69 Å². The van der Waals surface area contributed by atoms with Gasteiger partial charge in [-0.3, -0.25) is 19.3 Å². The molecule has 1 saturated heterocycles. The average Bonchev–Trinajstić information content (AvgIpc) is 2.65. The molecule has 1 aromatic rings. The van der Waals surface area contributed by atoms with Gasteiger partial charge in [0.2, 0.25) is 17.7 Å². The van der Waals surface area contributed by atoms with Gasteiger partial charge < -0.3 is 11.1 Å². The Hall–Kier alpha value is -2.44. The largest absolute Gasteiger partial charge is 0.399 e. The fraction of sp³-hybridized carbons (Fsp3) is 0.250. The molecule has 2 rings (SSSR count). The highest BCUT2D eigenvalue weighted by Crippen LogP contribution is 2.18. The molecule has 6 nitrogen and oxygen atoms in total. The summed E-state index contributed by atoms with van der Waals surface area (Å²) in [4.78, 5) is 35.2. The number of benzene rings is 1. The summed E-state index contributed by atoms with van der Waals surface area (Å²) in [5, 5.41) is 2.28. The van der Waals surface area contributed by atoms with Gasteiger partial charge in [-0.25, -0.2) is 4.39 Å². The minimum absolute atomic E-state index is 0.0795. The van der Waals surface area contributed by atoms with E-state index in [2.05, 4.69) is 5.32 Å². The van der Waals surface area contributed by atoms with Gasteiger partial charge in [0.25, 0.3) is 0 Å². The van der Waals surface area contributed by atoms with Crippen LogP contribution in [0, 0.1) is 5.82 Å². The van der Waals surface area contributed by atoms with Crippen molar-refractivity contribution in [3.63, 3.8) is 0 Å². The second kappa shape index (κ2) is 5.05. The van der Waals surface area contributed by atoms with Gasteiger partial charge in [0.1, 0.15) is 12.4 Å². The molecule has 0 unspecified atom stereocenters. The third-order valence-electron chi connectivity index (χ3n) is 2.72. The maximum Gasteiger partial charge on any atom is 0.244 e. The summed E-state index contributed by atoms with van der Waals surface area (Å²) >= 11 is 0. The van der Waals surface area contributed by atoms with Crippen LogP contribution in [-0.2, 0) is 14.4 Å². The number of nitrogens with one attached hydrogen (secondary N) is 1. The Morgan fingerprint density at radius 3 is 2.58 bits per heavy atom. The van der Waals surface area contributed by atoms with E-state index in [9.17, 15) is 18.8 Å². The fourth-order valence-electron chi connectivity index (χ4n) is 1.77. The van der Waals surface area contributed by atoms with E-state index in [-0.39, 0.29) is 18.5 Å². The molecule has 7 heteroatoms. The summed E-state index contributed by atoms with van der Waals surface area (Å²) in [7, 11) is 0. The lowest BCUT2D eigenvalue weighted by atomic mass is 10.2. The van der Waals surface area contributed by atoms with Gasteiger partial charge in [0.05, 0.1) is 5.69 Å². The molecule has 1 aromatic carbocycles. The number of nitrogen functional groups attached to an aromatic ring is 1. The lowest BCUT2D eigenvalue weighted by Gasteiger charge is -2.13. The number of hydrogen-bond acceptors (Lipinski definition) is 4. The summed E-state index contributed by atoms with van der Waals surface area (Å²) in [6, 6.07) is 3.75. The van der Waals surface area contributed by atoms with Gasteiger partial charge in [-0.15, -0.1) is 0 Å². The summed E-state index contributed by atoms with van der Waals surface area (Å²) in [5.41, 5.74) is 5.69. The molecule has 100 valence electrons. The van der Waals surface area contributed by atoms with Crippen molar-refractivity contribution in [1.29, 1.82) is 0 Å². The van der Waals surface area contributed by atoms with Crippen LogP contribution >= 0.6 is 0 Å². The van der Waals surface area contributed by atoms with Crippen molar-refractivity contribution in [2.75, 3.05) is 17.6 Å². The van der Waals surface area contributed by atoms with E-state index in [1.165, 1.54) is 12.1 Å². The maximum atomic E-state index is 13.4. The van der Waals surface area contributed by atoms with Crippen LogP contribution in [0.25, 0.3) is 0 Å². The second-order valence-corrected chi connectivity index (χ2v) is 4.16. The predicted octanol–water partition coefficient (Wildman–Crippen LogP) is 0.495. The molecule has 1 fully saturated rings. The minimum atomic E-state index is -0.645. The van der Waals surface area contributed by atoms with Crippen molar-refractivity contribution in [3.8, 4) is 0 Å². The molecule has 0 aliphatic carbocycles. The Balaban J connectivity index is 2.03. The number of nitrogens with zero attached hydrogens (tertiary/aromatic N) is 1. The molecule has 0 atom stereocenters. The van der Waals surface area contributed by atoms with Crippen molar-refractivity contribution >= 4 is 29.1 Å².